The van der Waals surface area contributed by atoms with Gasteiger partial charge >= 0.3 is 0 Å². The topological polar surface area (TPSA) is 57.0 Å². The van der Waals surface area contributed by atoms with Gasteiger partial charge in [-0.2, -0.15) is 5.26 Å². The third-order valence-corrected chi connectivity index (χ3v) is 10.1. The van der Waals surface area contributed by atoms with Gasteiger partial charge < -0.3 is 4.90 Å². The van der Waals surface area contributed by atoms with Crippen LogP contribution < -0.4 is 0 Å². The highest BCUT2D eigenvalue weighted by atomic mass is 19.1. The summed E-state index contributed by atoms with van der Waals surface area (Å²) in [6.07, 6.45) is 18.5. The molecule has 268 valence electrons. The van der Waals surface area contributed by atoms with E-state index in [2.05, 4.69) is 87.9 Å². The molecule has 1 fully saturated rings. The number of piperidine rings is 1. The lowest BCUT2D eigenvalue weighted by Crippen LogP contribution is -2.37. The number of likely N-dealkylation sites (tertiary alicyclic amines) is 1. The number of aromatic nitrogens is 1. The van der Waals surface area contributed by atoms with Gasteiger partial charge in [0.05, 0.1) is 11.6 Å². The molecular weight excluding hydrogens is 630 g/mol. The summed E-state index contributed by atoms with van der Waals surface area (Å²) in [5, 5.41) is 8.45. The van der Waals surface area contributed by atoms with Crippen molar-refractivity contribution in [1.29, 1.82) is 5.26 Å². The van der Waals surface area contributed by atoms with E-state index in [0.29, 0.717) is 35.3 Å². The maximum absolute atomic E-state index is 13.0. The van der Waals surface area contributed by atoms with Crippen molar-refractivity contribution in [2.45, 2.75) is 84.0 Å². The van der Waals surface area contributed by atoms with Crippen LogP contribution in [0, 0.1) is 36.9 Å². The van der Waals surface area contributed by atoms with Crippen molar-refractivity contribution >= 4 is 5.78 Å². The summed E-state index contributed by atoms with van der Waals surface area (Å²) >= 11 is 0. The number of hydrogen-bond acceptors (Lipinski definition) is 4. The quantitative estimate of drug-likeness (QED) is 0.0691. The largest absolute Gasteiger partial charge is 0.303 e. The highest BCUT2D eigenvalue weighted by molar-refractivity contribution is 6.04. The Hall–Kier alpha value is -4.66. The molecule has 2 unspecified atom stereocenters. The molecule has 0 spiro atoms. The Kier molecular flexibility index (Phi) is 15.1. The Morgan fingerprint density at radius 2 is 1.88 bits per heavy atom. The van der Waals surface area contributed by atoms with Gasteiger partial charge in [-0.3, -0.25) is 9.78 Å². The molecule has 2 atom stereocenters. The van der Waals surface area contributed by atoms with Crippen LogP contribution in [-0.2, 0) is 6.42 Å². The van der Waals surface area contributed by atoms with E-state index in [1.54, 1.807) is 18.2 Å². The fourth-order valence-electron chi connectivity index (χ4n) is 7.38. The summed E-state index contributed by atoms with van der Waals surface area (Å²) in [7, 11) is 0. The number of unbranched alkanes of at least 4 members (excludes halogenated alkanes) is 1. The van der Waals surface area contributed by atoms with Gasteiger partial charge in [-0.25, -0.2) is 4.39 Å². The van der Waals surface area contributed by atoms with Crippen molar-refractivity contribution in [2.75, 3.05) is 19.6 Å². The van der Waals surface area contributed by atoms with Crippen molar-refractivity contribution in [3.63, 3.8) is 0 Å². The van der Waals surface area contributed by atoms with Gasteiger partial charge in [0.2, 0.25) is 0 Å². The Bertz CT molecular complexity index is 1790. The van der Waals surface area contributed by atoms with Crippen LogP contribution in [0.2, 0.25) is 0 Å². The highest BCUT2D eigenvalue weighted by Gasteiger charge is 2.25. The summed E-state index contributed by atoms with van der Waals surface area (Å²) in [6.45, 7) is 21.3. The summed E-state index contributed by atoms with van der Waals surface area (Å²) < 4.78 is 13.0. The number of pyridine rings is 1. The van der Waals surface area contributed by atoms with E-state index < -0.39 is 0 Å². The van der Waals surface area contributed by atoms with E-state index in [4.69, 9.17) is 10.2 Å². The molecule has 1 aliphatic heterocycles. The van der Waals surface area contributed by atoms with Gasteiger partial charge in [-0.05, 0) is 148 Å². The number of rotatable bonds is 15. The Morgan fingerprint density at radius 1 is 1.10 bits per heavy atom. The van der Waals surface area contributed by atoms with Crippen LogP contribution in [0.25, 0.3) is 0 Å². The van der Waals surface area contributed by atoms with E-state index in [1.807, 2.05) is 18.2 Å². The summed E-state index contributed by atoms with van der Waals surface area (Å²) in [5.74, 6) is 1.36. The van der Waals surface area contributed by atoms with Crippen molar-refractivity contribution in [3.8, 4) is 6.07 Å². The first-order valence-electron chi connectivity index (χ1n) is 18.4. The molecule has 1 aliphatic carbocycles. The zero-order valence-electron chi connectivity index (χ0n) is 30.8. The summed E-state index contributed by atoms with van der Waals surface area (Å²) in [5.41, 5.74) is 9.16. The number of carbonyl (C=O) groups excluding carboxylic acids is 1. The van der Waals surface area contributed by atoms with Crippen molar-refractivity contribution in [1.82, 2.24) is 9.88 Å². The van der Waals surface area contributed by atoms with Gasteiger partial charge in [-0.1, -0.05) is 75.1 Å². The lowest BCUT2D eigenvalue weighted by atomic mass is 9.84. The van der Waals surface area contributed by atoms with Crippen LogP contribution in [0.1, 0.15) is 109 Å². The zero-order valence-corrected chi connectivity index (χ0v) is 30.8. The van der Waals surface area contributed by atoms with Crippen molar-refractivity contribution in [3.05, 3.63) is 161 Å². The van der Waals surface area contributed by atoms with Gasteiger partial charge in [0.15, 0.2) is 5.78 Å². The molecule has 0 radical (unpaired) electrons. The second-order valence-corrected chi connectivity index (χ2v) is 14.2. The molecule has 2 aromatic carbocycles. The van der Waals surface area contributed by atoms with Crippen LogP contribution in [0.3, 0.4) is 0 Å². The minimum Gasteiger partial charge on any atom is -0.303 e. The molecule has 5 rings (SSSR count). The third kappa shape index (κ3) is 12.0. The molecule has 2 heterocycles. The number of allylic oxidation sites excluding steroid dienone is 7. The zero-order chi connectivity index (χ0) is 36.8. The Morgan fingerprint density at radius 3 is 2.51 bits per heavy atom. The molecule has 1 saturated heterocycles. The van der Waals surface area contributed by atoms with E-state index >= 15 is 0 Å². The first kappa shape index (κ1) is 39.1. The van der Waals surface area contributed by atoms with Crippen LogP contribution in [0.4, 0.5) is 4.39 Å². The number of hydrogen-bond donors (Lipinski definition) is 0. The number of carbonyl (C=O) groups is 1. The average Bonchev–Trinajstić information content (AvgIpc) is 3.55. The maximum atomic E-state index is 13.0. The smallest absolute Gasteiger partial charge is 0.185 e. The fraction of sp³-hybridized carbons (Fsp3) is 0.370. The minimum absolute atomic E-state index is 0. The number of nitriles is 1. The number of halogens is 1. The summed E-state index contributed by atoms with van der Waals surface area (Å²) in [4.78, 5) is 19.6. The molecule has 0 amide bonds. The maximum Gasteiger partial charge on any atom is 0.185 e. The predicted molar refractivity (Wildman–Crippen MR) is 212 cm³/mol. The Balaban J connectivity index is 0.000000477. The van der Waals surface area contributed by atoms with E-state index in [-0.39, 0.29) is 13.0 Å². The number of nitrogens with zero attached hydrogens (tertiary/aromatic N) is 3. The molecule has 4 nitrogen and oxygen atoms in total. The first-order valence-corrected chi connectivity index (χ1v) is 18.4. The normalized spacial score (nSPS) is 15.7. The Labute approximate surface area is 307 Å². The molecule has 0 N–H and O–H groups in total. The predicted octanol–water partition coefficient (Wildman–Crippen LogP) is 11.3. The summed E-state index contributed by atoms with van der Waals surface area (Å²) in [6, 6.07) is 18.9. The van der Waals surface area contributed by atoms with E-state index in [9.17, 15) is 9.18 Å². The van der Waals surface area contributed by atoms with Crippen LogP contribution >= 0.6 is 0 Å². The number of aryl methyl sites for hydroxylation is 2. The average molecular weight is 686 g/mol. The van der Waals surface area contributed by atoms with Crippen LogP contribution in [-0.4, -0.2) is 35.3 Å². The molecule has 51 heavy (non-hydrogen) atoms. The van der Waals surface area contributed by atoms with Crippen molar-refractivity contribution < 1.29 is 10.6 Å². The number of ketones is 1. The van der Waals surface area contributed by atoms with Gasteiger partial charge in [0.1, 0.15) is 5.82 Å². The molecule has 1 aromatic heterocycles. The van der Waals surface area contributed by atoms with Crippen LogP contribution in [0.5, 0.6) is 0 Å². The molecule has 3 aromatic rings. The fourth-order valence-corrected chi connectivity index (χ4v) is 7.38. The second kappa shape index (κ2) is 19.7. The molecule has 0 saturated carbocycles. The molecule has 2 aliphatic rings. The molecular formula is C46H56FN3O. The van der Waals surface area contributed by atoms with Gasteiger partial charge in [0, 0.05) is 30.8 Å². The third-order valence-electron chi connectivity index (χ3n) is 10.1. The lowest BCUT2D eigenvalue weighted by Gasteiger charge is -2.35. The first-order chi connectivity index (χ1) is 24.6. The highest BCUT2D eigenvalue weighted by Crippen LogP contribution is 2.33. The molecule has 5 heteroatoms. The van der Waals surface area contributed by atoms with E-state index in [0.717, 1.165) is 36.3 Å². The monoisotopic (exact) mass is 685 g/mol. The SMILES string of the molecule is C=CC(=O)c1ccc(C(C)CC(CCCCC2=CC(=C)C=C2)CN2CCC(c3cccc(C)n3)CC2)c(C)c1.C=CCc1ccc(C#N)cc1F.[HH]. The minimum atomic E-state index is -0.339. The molecule has 0 bridgehead atoms. The second-order valence-electron chi connectivity index (χ2n) is 14.2. The lowest BCUT2D eigenvalue weighted by molar-refractivity contribution is 0.104. The van der Waals surface area contributed by atoms with Crippen molar-refractivity contribution in [2.24, 2.45) is 5.92 Å². The van der Waals surface area contributed by atoms with Gasteiger partial charge in [-0.15, -0.1) is 6.58 Å². The van der Waals surface area contributed by atoms with Gasteiger partial charge in [0.25, 0.3) is 0 Å². The van der Waals surface area contributed by atoms with Crippen LogP contribution in [0.15, 0.2) is 116 Å². The standard InChI is InChI=1S/C36H46N2O.C10H8FN.H2/c1-6-36(39)33-16-17-34(28(4)24-33)27(3)23-31(12-8-7-11-30-15-14-26(2)22-30)25-38-20-18-32(19-21-38)35-13-9-10-29(5)37-35;1-2-3-9-5-4-8(7-12)6-10(9)11;/h6,9-10,13-17,22,24,27,31-32H,1-2,7-8,11-12,18-21,23,25H2,3-5H3;2,4-6H,1,3H2;1H. The number of benzene rings is 2. The van der Waals surface area contributed by atoms with E-state index in [1.165, 1.54) is 79.6 Å².